The minimum Gasteiger partial charge on any atom is -0.356 e. The van der Waals surface area contributed by atoms with Crippen LogP contribution in [0, 0.1) is 17.3 Å². The molecule has 1 N–H and O–H groups in total. The summed E-state index contributed by atoms with van der Waals surface area (Å²) in [6, 6.07) is 0. The van der Waals surface area contributed by atoms with E-state index in [1.165, 1.54) is 19.3 Å². The summed E-state index contributed by atoms with van der Waals surface area (Å²) < 4.78 is 0.292. The molecule has 0 saturated heterocycles. The molecule has 2 nitrogen and oxygen atoms in total. The minimum absolute atomic E-state index is 0.0250. The molecular weight excluding hydrogens is 278 g/mol. The molecule has 4 fully saturated rings. The van der Waals surface area contributed by atoms with Crippen LogP contribution < -0.4 is 5.32 Å². The molecule has 0 unspecified atom stereocenters. The summed E-state index contributed by atoms with van der Waals surface area (Å²) in [5, 5.41) is 3.15. The van der Waals surface area contributed by atoms with E-state index in [-0.39, 0.29) is 5.41 Å². The number of amides is 1. The average Bonchev–Trinajstić information content (AvgIpc) is 2.22. The molecule has 4 aliphatic carbocycles. The summed E-state index contributed by atoms with van der Waals surface area (Å²) in [5.74, 6) is 1.93. The molecule has 4 bridgehead atoms. The predicted molar refractivity (Wildman–Crippen MR) is 72.1 cm³/mol. The van der Waals surface area contributed by atoms with Crippen molar-refractivity contribution in [1.29, 1.82) is 0 Å². The fraction of sp³-hybridized carbons (Fsp3) is 0.929. The second-order valence-electron chi connectivity index (χ2n) is 6.65. The van der Waals surface area contributed by atoms with Crippen molar-refractivity contribution in [3.63, 3.8) is 0 Å². The Hall–Kier alpha value is -0.0500. The Balaban J connectivity index is 1.81. The fourth-order valence-corrected chi connectivity index (χ4v) is 6.29. The zero-order valence-electron chi connectivity index (χ0n) is 10.6. The summed E-state index contributed by atoms with van der Waals surface area (Å²) in [6.45, 7) is 2.96. The molecule has 0 radical (unpaired) electrons. The molecule has 4 saturated carbocycles. The highest BCUT2D eigenvalue weighted by molar-refractivity contribution is 9.10. The van der Waals surface area contributed by atoms with Crippen LogP contribution >= 0.6 is 15.9 Å². The van der Waals surface area contributed by atoms with Crippen molar-refractivity contribution < 1.29 is 4.79 Å². The first kappa shape index (κ1) is 12.0. The first-order chi connectivity index (χ1) is 8.05. The van der Waals surface area contributed by atoms with Crippen LogP contribution in [0.1, 0.15) is 51.9 Å². The average molecular weight is 300 g/mol. The predicted octanol–water partition coefficient (Wildman–Crippen LogP) is 3.25. The molecule has 4 aliphatic rings. The van der Waals surface area contributed by atoms with Crippen molar-refractivity contribution in [1.82, 2.24) is 5.32 Å². The van der Waals surface area contributed by atoms with Crippen LogP contribution in [-0.4, -0.2) is 16.8 Å². The molecule has 0 aromatic rings. The molecule has 2 atom stereocenters. The van der Waals surface area contributed by atoms with Crippen molar-refractivity contribution in [2.75, 3.05) is 6.54 Å². The molecule has 0 heterocycles. The van der Waals surface area contributed by atoms with Crippen LogP contribution in [0.3, 0.4) is 0 Å². The van der Waals surface area contributed by atoms with Gasteiger partial charge < -0.3 is 5.32 Å². The van der Waals surface area contributed by atoms with E-state index in [0.29, 0.717) is 10.2 Å². The molecule has 1 amide bonds. The molecule has 17 heavy (non-hydrogen) atoms. The third-order valence-electron chi connectivity index (χ3n) is 5.01. The first-order valence-electron chi connectivity index (χ1n) is 7.02. The van der Waals surface area contributed by atoms with Crippen LogP contribution in [0.15, 0.2) is 0 Å². The van der Waals surface area contributed by atoms with Gasteiger partial charge in [0.2, 0.25) is 5.91 Å². The Labute approximate surface area is 112 Å². The molecular formula is C14H22BrNO. The number of nitrogens with one attached hydrogen (secondary N) is 1. The van der Waals surface area contributed by atoms with Gasteiger partial charge >= 0.3 is 0 Å². The van der Waals surface area contributed by atoms with Crippen LogP contribution in [-0.2, 0) is 4.79 Å². The Bertz CT molecular complexity index is 327. The zero-order chi connectivity index (χ0) is 12.1. The van der Waals surface area contributed by atoms with Crippen LogP contribution in [0.2, 0.25) is 0 Å². The van der Waals surface area contributed by atoms with E-state index < -0.39 is 0 Å². The maximum absolute atomic E-state index is 12.5. The van der Waals surface area contributed by atoms with Crippen LogP contribution in [0.4, 0.5) is 0 Å². The normalized spacial score (nSPS) is 47.2. The van der Waals surface area contributed by atoms with Gasteiger partial charge in [0.1, 0.15) is 0 Å². The molecule has 0 aromatic carbocycles. The lowest BCUT2D eigenvalue weighted by molar-refractivity contribution is -0.144. The number of carbonyl (C=O) groups is 1. The van der Waals surface area contributed by atoms with Crippen molar-refractivity contribution in [3.8, 4) is 0 Å². The summed E-state index contributed by atoms with van der Waals surface area (Å²) in [6.07, 6.45) is 8.37. The smallest absolute Gasteiger partial charge is 0.226 e. The topological polar surface area (TPSA) is 29.1 Å². The summed E-state index contributed by atoms with van der Waals surface area (Å²) in [4.78, 5) is 12.5. The first-order valence-corrected chi connectivity index (χ1v) is 7.82. The standard InChI is InChI=1S/C14H22BrNO/c1-2-3-16-12(17)13-5-10-4-11(6-13)8-14(15,7-10)9-13/h10-11H,2-9H2,1H3,(H,16,17)/t10-,11-,13?,14?/m1/s1. The maximum Gasteiger partial charge on any atom is 0.226 e. The van der Waals surface area contributed by atoms with E-state index in [0.717, 1.165) is 44.1 Å². The number of halogens is 1. The van der Waals surface area contributed by atoms with Crippen molar-refractivity contribution >= 4 is 21.8 Å². The van der Waals surface area contributed by atoms with Crippen molar-refractivity contribution in [3.05, 3.63) is 0 Å². The van der Waals surface area contributed by atoms with Crippen LogP contribution in [0.25, 0.3) is 0 Å². The quantitative estimate of drug-likeness (QED) is 0.797. The maximum atomic E-state index is 12.5. The number of rotatable bonds is 3. The van der Waals surface area contributed by atoms with E-state index in [2.05, 4.69) is 28.2 Å². The largest absolute Gasteiger partial charge is 0.356 e. The van der Waals surface area contributed by atoms with Crippen LogP contribution in [0.5, 0.6) is 0 Å². The fourth-order valence-electron chi connectivity index (χ4n) is 4.84. The minimum atomic E-state index is -0.0250. The van der Waals surface area contributed by atoms with E-state index in [9.17, 15) is 4.79 Å². The number of alkyl halides is 1. The third-order valence-corrected chi connectivity index (χ3v) is 5.93. The molecule has 3 heteroatoms. The highest BCUT2D eigenvalue weighted by atomic mass is 79.9. The Morgan fingerprint density at radius 1 is 1.29 bits per heavy atom. The van der Waals surface area contributed by atoms with E-state index in [1.54, 1.807) is 0 Å². The number of carbonyl (C=O) groups excluding carboxylic acids is 1. The van der Waals surface area contributed by atoms with Gasteiger partial charge in [-0.15, -0.1) is 0 Å². The third kappa shape index (κ3) is 1.94. The van der Waals surface area contributed by atoms with Gasteiger partial charge in [-0.25, -0.2) is 0 Å². The van der Waals surface area contributed by atoms with Gasteiger partial charge in [0, 0.05) is 10.9 Å². The second kappa shape index (κ2) is 3.97. The van der Waals surface area contributed by atoms with Gasteiger partial charge in [-0.1, -0.05) is 22.9 Å². The van der Waals surface area contributed by atoms with Crippen molar-refractivity contribution in [2.45, 2.75) is 56.2 Å². The Morgan fingerprint density at radius 3 is 2.47 bits per heavy atom. The highest BCUT2D eigenvalue weighted by Crippen LogP contribution is 2.64. The van der Waals surface area contributed by atoms with E-state index in [1.807, 2.05) is 0 Å². The highest BCUT2D eigenvalue weighted by Gasteiger charge is 2.59. The second-order valence-corrected chi connectivity index (χ2v) is 8.33. The van der Waals surface area contributed by atoms with Gasteiger partial charge in [0.15, 0.2) is 0 Å². The van der Waals surface area contributed by atoms with E-state index >= 15 is 0 Å². The van der Waals surface area contributed by atoms with E-state index in [4.69, 9.17) is 0 Å². The Kier molecular flexibility index (Phi) is 2.81. The molecule has 0 spiro atoms. The molecule has 0 aliphatic heterocycles. The van der Waals surface area contributed by atoms with Gasteiger partial charge in [-0.2, -0.15) is 0 Å². The summed E-state index contributed by atoms with van der Waals surface area (Å²) in [5.41, 5.74) is -0.0250. The summed E-state index contributed by atoms with van der Waals surface area (Å²) in [7, 11) is 0. The van der Waals surface area contributed by atoms with Gasteiger partial charge in [-0.05, 0) is 56.8 Å². The number of hydrogen-bond acceptors (Lipinski definition) is 1. The van der Waals surface area contributed by atoms with Crippen molar-refractivity contribution in [2.24, 2.45) is 17.3 Å². The molecule has 96 valence electrons. The van der Waals surface area contributed by atoms with Gasteiger partial charge in [-0.3, -0.25) is 4.79 Å². The lowest BCUT2D eigenvalue weighted by Crippen LogP contribution is -2.58. The monoisotopic (exact) mass is 299 g/mol. The number of hydrogen-bond donors (Lipinski definition) is 1. The lowest BCUT2D eigenvalue weighted by atomic mass is 9.49. The molecule has 0 aromatic heterocycles. The summed E-state index contributed by atoms with van der Waals surface area (Å²) >= 11 is 3.95. The molecule has 4 rings (SSSR count). The Morgan fingerprint density at radius 2 is 1.94 bits per heavy atom. The van der Waals surface area contributed by atoms with Gasteiger partial charge in [0.25, 0.3) is 0 Å². The van der Waals surface area contributed by atoms with Gasteiger partial charge in [0.05, 0.1) is 5.41 Å². The lowest BCUT2D eigenvalue weighted by Gasteiger charge is -2.59. The SMILES string of the molecule is CCCNC(=O)C12C[C@H]3C[C@@H](CC(Br)(C3)C1)C2. The zero-order valence-corrected chi connectivity index (χ0v) is 12.2.